The quantitative estimate of drug-likeness (QED) is 0.0262. The van der Waals surface area contributed by atoms with Gasteiger partial charge in [0.15, 0.2) is 6.10 Å². The van der Waals surface area contributed by atoms with E-state index < -0.39 is 6.10 Å². The predicted molar refractivity (Wildman–Crippen MR) is 279 cm³/mol. The summed E-state index contributed by atoms with van der Waals surface area (Å²) in [5.74, 6) is -0.922. The first-order valence-corrected chi connectivity index (χ1v) is 27.5. The fraction of sp³-hybridized carbons (Fsp3) is 0.746. The molecule has 1 atom stereocenters. The van der Waals surface area contributed by atoms with Gasteiger partial charge >= 0.3 is 17.9 Å². The lowest BCUT2D eigenvalue weighted by Gasteiger charge is -2.18. The van der Waals surface area contributed by atoms with Crippen molar-refractivity contribution in [2.45, 2.75) is 271 Å². The van der Waals surface area contributed by atoms with Crippen LogP contribution in [0.3, 0.4) is 0 Å². The van der Waals surface area contributed by atoms with E-state index in [1.54, 1.807) is 0 Å². The molecule has 0 aliphatic rings. The van der Waals surface area contributed by atoms with Gasteiger partial charge in [-0.3, -0.25) is 14.4 Å². The molecule has 0 amide bonds. The van der Waals surface area contributed by atoms with Crippen molar-refractivity contribution in [3.63, 3.8) is 0 Å². The summed E-state index contributed by atoms with van der Waals surface area (Å²) in [6, 6.07) is 0. The Kier molecular flexibility index (Phi) is 50.9. The lowest BCUT2D eigenvalue weighted by Crippen LogP contribution is -2.30. The van der Waals surface area contributed by atoms with Crippen molar-refractivity contribution in [1.29, 1.82) is 0 Å². The molecule has 0 aromatic carbocycles. The van der Waals surface area contributed by atoms with Crippen LogP contribution in [0.4, 0.5) is 0 Å². The van der Waals surface area contributed by atoms with Crippen LogP contribution < -0.4 is 0 Å². The molecule has 6 heteroatoms. The van der Waals surface area contributed by atoms with Gasteiger partial charge in [-0.25, -0.2) is 0 Å². The number of esters is 3. The maximum Gasteiger partial charge on any atom is 0.306 e. The standard InChI is InChI=1S/C59H102O6/c1-4-7-10-13-16-19-22-25-27-29-30-32-34-37-40-43-46-49-52-58(61)64-55-56(54-63-57(60)51-48-45-42-39-36-33-24-21-18-15-12-9-6-3)65-59(62)53-50-47-44-41-38-35-31-28-26-23-20-17-14-11-8-5-2/h9,12,15,18,21-22,24-25,27,29-30,32,56H,4-8,10-11,13-14,16-17,19-20,23,26,28,31,33-55H2,1-3H3/b12-9+,18-15+,24-21+,25-22+,29-27+,32-30+. The van der Waals surface area contributed by atoms with E-state index in [0.717, 1.165) is 103 Å². The van der Waals surface area contributed by atoms with E-state index in [9.17, 15) is 14.4 Å². The van der Waals surface area contributed by atoms with Gasteiger partial charge in [0.25, 0.3) is 0 Å². The van der Waals surface area contributed by atoms with Crippen LogP contribution in [0.25, 0.3) is 0 Å². The van der Waals surface area contributed by atoms with E-state index in [0.29, 0.717) is 19.3 Å². The van der Waals surface area contributed by atoms with Crippen LogP contribution in [0.2, 0.25) is 0 Å². The summed E-state index contributed by atoms with van der Waals surface area (Å²) in [7, 11) is 0. The van der Waals surface area contributed by atoms with Crippen molar-refractivity contribution in [1.82, 2.24) is 0 Å². The molecule has 0 rings (SSSR count). The van der Waals surface area contributed by atoms with Gasteiger partial charge in [-0.15, -0.1) is 0 Å². The first-order chi connectivity index (χ1) is 32.0. The Balaban J connectivity index is 4.42. The maximum absolute atomic E-state index is 12.8. The van der Waals surface area contributed by atoms with Crippen LogP contribution in [-0.2, 0) is 28.6 Å². The molecular weight excluding hydrogens is 805 g/mol. The minimum Gasteiger partial charge on any atom is -0.462 e. The largest absolute Gasteiger partial charge is 0.462 e. The normalized spacial score (nSPS) is 12.6. The molecule has 374 valence electrons. The fourth-order valence-corrected chi connectivity index (χ4v) is 7.68. The van der Waals surface area contributed by atoms with Gasteiger partial charge < -0.3 is 14.2 Å². The molecular formula is C59H102O6. The van der Waals surface area contributed by atoms with Crippen molar-refractivity contribution in [2.75, 3.05) is 13.2 Å². The molecule has 0 N–H and O–H groups in total. The Morgan fingerprint density at radius 3 is 0.923 bits per heavy atom. The minimum absolute atomic E-state index is 0.0912. The number of hydrogen-bond acceptors (Lipinski definition) is 6. The maximum atomic E-state index is 12.8. The van der Waals surface area contributed by atoms with Crippen molar-refractivity contribution < 1.29 is 28.6 Å². The summed E-state index contributed by atoms with van der Waals surface area (Å²) in [5, 5.41) is 0. The van der Waals surface area contributed by atoms with Crippen molar-refractivity contribution in [3.05, 3.63) is 72.9 Å². The Labute approximate surface area is 402 Å². The van der Waals surface area contributed by atoms with Gasteiger partial charge in [-0.2, -0.15) is 0 Å². The van der Waals surface area contributed by atoms with Crippen LogP contribution in [0.1, 0.15) is 265 Å². The van der Waals surface area contributed by atoms with Gasteiger partial charge in [0.05, 0.1) is 0 Å². The number of unbranched alkanes of at least 4 members (excludes halogenated alkanes) is 30. The van der Waals surface area contributed by atoms with E-state index in [-0.39, 0.29) is 31.1 Å². The van der Waals surface area contributed by atoms with E-state index in [1.807, 2.05) is 0 Å². The summed E-state index contributed by atoms with van der Waals surface area (Å²) in [6.45, 7) is 6.47. The average Bonchev–Trinajstić information content (AvgIpc) is 3.30. The van der Waals surface area contributed by atoms with Crippen molar-refractivity contribution in [2.24, 2.45) is 0 Å². The number of carbonyl (C=O) groups excluding carboxylic acids is 3. The third-order valence-electron chi connectivity index (χ3n) is 11.8. The molecule has 0 radical (unpaired) electrons. The highest BCUT2D eigenvalue weighted by Gasteiger charge is 2.19. The summed E-state index contributed by atoms with van der Waals surface area (Å²) in [5.41, 5.74) is 0. The average molecular weight is 907 g/mol. The summed E-state index contributed by atoms with van der Waals surface area (Å²) in [6.07, 6.45) is 67.4. The predicted octanol–water partition coefficient (Wildman–Crippen LogP) is 18.2. The molecule has 0 aliphatic carbocycles. The molecule has 0 fully saturated rings. The molecule has 0 bridgehead atoms. The van der Waals surface area contributed by atoms with E-state index in [1.165, 1.54) is 122 Å². The highest BCUT2D eigenvalue weighted by Crippen LogP contribution is 2.16. The Hall–Kier alpha value is -3.15. The Morgan fingerprint density at radius 1 is 0.323 bits per heavy atom. The molecule has 0 aromatic heterocycles. The van der Waals surface area contributed by atoms with Gasteiger partial charge in [-0.1, -0.05) is 254 Å². The van der Waals surface area contributed by atoms with Crippen molar-refractivity contribution in [3.8, 4) is 0 Å². The van der Waals surface area contributed by atoms with Crippen LogP contribution in [0, 0.1) is 0 Å². The van der Waals surface area contributed by atoms with E-state index in [4.69, 9.17) is 14.2 Å². The lowest BCUT2D eigenvalue weighted by molar-refractivity contribution is -0.167. The zero-order valence-electron chi connectivity index (χ0n) is 42.7. The molecule has 0 heterocycles. The van der Waals surface area contributed by atoms with Crippen LogP contribution >= 0.6 is 0 Å². The monoisotopic (exact) mass is 907 g/mol. The molecule has 0 saturated carbocycles. The smallest absolute Gasteiger partial charge is 0.306 e. The molecule has 0 aromatic rings. The topological polar surface area (TPSA) is 78.9 Å². The molecule has 0 spiro atoms. The third-order valence-corrected chi connectivity index (χ3v) is 11.8. The lowest BCUT2D eigenvalue weighted by atomic mass is 10.0. The van der Waals surface area contributed by atoms with Gasteiger partial charge in [0.2, 0.25) is 0 Å². The van der Waals surface area contributed by atoms with Crippen LogP contribution in [0.5, 0.6) is 0 Å². The number of carbonyl (C=O) groups is 3. The SMILES string of the molecule is CC/C=C/C=C/C=C/CCCCCCCC(=O)OCC(COC(=O)CCCCCCC/C=C/C=C/C=C/CCCCCCC)OC(=O)CCCCCCCCCCCCCCCCCC. The van der Waals surface area contributed by atoms with Crippen LogP contribution in [-0.4, -0.2) is 37.2 Å². The third kappa shape index (κ3) is 51.7. The highest BCUT2D eigenvalue weighted by atomic mass is 16.6. The summed E-state index contributed by atoms with van der Waals surface area (Å²) in [4.78, 5) is 38.1. The summed E-state index contributed by atoms with van der Waals surface area (Å²) < 4.78 is 16.8. The Morgan fingerprint density at radius 2 is 0.600 bits per heavy atom. The minimum atomic E-state index is -0.790. The van der Waals surface area contributed by atoms with Crippen molar-refractivity contribution >= 4 is 17.9 Å². The first kappa shape index (κ1) is 61.9. The van der Waals surface area contributed by atoms with Gasteiger partial charge in [0.1, 0.15) is 13.2 Å². The second-order valence-corrected chi connectivity index (χ2v) is 18.2. The number of rotatable bonds is 49. The highest BCUT2D eigenvalue weighted by molar-refractivity contribution is 5.71. The molecule has 1 unspecified atom stereocenters. The molecule has 0 saturated heterocycles. The molecule has 6 nitrogen and oxygen atoms in total. The molecule has 65 heavy (non-hydrogen) atoms. The van der Waals surface area contributed by atoms with Gasteiger partial charge in [0, 0.05) is 19.3 Å². The molecule has 0 aliphatic heterocycles. The number of hydrogen-bond donors (Lipinski definition) is 0. The Bertz CT molecular complexity index is 1230. The van der Waals surface area contributed by atoms with E-state index in [2.05, 4.69) is 93.7 Å². The van der Waals surface area contributed by atoms with E-state index >= 15 is 0 Å². The number of allylic oxidation sites excluding steroid dienone is 12. The summed E-state index contributed by atoms with van der Waals surface area (Å²) >= 11 is 0. The zero-order chi connectivity index (χ0) is 47.2. The zero-order valence-corrected chi connectivity index (χ0v) is 42.7. The van der Waals surface area contributed by atoms with Crippen LogP contribution in [0.15, 0.2) is 72.9 Å². The van der Waals surface area contributed by atoms with Gasteiger partial charge in [-0.05, 0) is 64.2 Å². The first-order valence-electron chi connectivity index (χ1n) is 27.5. The second kappa shape index (κ2) is 53.5. The number of ether oxygens (including phenoxy) is 3. The second-order valence-electron chi connectivity index (χ2n) is 18.2. The fourth-order valence-electron chi connectivity index (χ4n) is 7.68.